The molecule has 162 valence electrons. The molecule has 0 saturated heterocycles. The van der Waals surface area contributed by atoms with Gasteiger partial charge in [0.25, 0.3) is 0 Å². The molecule has 3 rings (SSSR count). The van der Waals surface area contributed by atoms with Gasteiger partial charge in [-0.15, -0.1) is 0 Å². The van der Waals surface area contributed by atoms with E-state index in [-0.39, 0.29) is 18.0 Å². The smallest absolute Gasteiger partial charge is 0.243 e. The Morgan fingerprint density at radius 1 is 0.903 bits per heavy atom. The largest absolute Gasteiger partial charge is 0.355 e. The number of benzene rings is 3. The summed E-state index contributed by atoms with van der Waals surface area (Å²) in [6, 6.07) is 20.8. The summed E-state index contributed by atoms with van der Waals surface area (Å²) in [7, 11) is -4.00. The molecule has 0 bridgehead atoms. The molecular formula is C23H22ClFN2O3S. The SMILES string of the molecule is O=C(CN(Cc1ccccc1)S(=O)(=O)c1ccc(F)cc1)NCCc1ccc(Cl)cc1. The number of nitrogens with one attached hydrogen (secondary N) is 1. The molecule has 0 aliphatic heterocycles. The van der Waals surface area contributed by atoms with Gasteiger partial charge in [-0.3, -0.25) is 4.79 Å². The van der Waals surface area contributed by atoms with Crippen molar-refractivity contribution >= 4 is 27.5 Å². The highest BCUT2D eigenvalue weighted by Crippen LogP contribution is 2.19. The minimum absolute atomic E-state index is 0.0190. The number of hydrogen-bond acceptors (Lipinski definition) is 3. The maximum absolute atomic E-state index is 13.3. The molecule has 0 fully saturated rings. The van der Waals surface area contributed by atoms with E-state index in [1.807, 2.05) is 18.2 Å². The molecule has 1 N–H and O–H groups in total. The van der Waals surface area contributed by atoms with E-state index in [0.717, 1.165) is 27.6 Å². The monoisotopic (exact) mass is 460 g/mol. The second-order valence-corrected chi connectivity index (χ2v) is 9.31. The van der Waals surface area contributed by atoms with Gasteiger partial charge in [-0.05, 0) is 53.9 Å². The van der Waals surface area contributed by atoms with E-state index in [1.54, 1.807) is 36.4 Å². The first kappa shape index (κ1) is 22.9. The summed E-state index contributed by atoms with van der Waals surface area (Å²) in [6.45, 7) is 0.0244. The van der Waals surface area contributed by atoms with Crippen LogP contribution < -0.4 is 5.32 Å². The Bertz CT molecular complexity index is 1110. The van der Waals surface area contributed by atoms with Gasteiger partial charge in [0.2, 0.25) is 15.9 Å². The molecule has 3 aromatic rings. The standard InChI is InChI=1S/C23H22ClFN2O3S/c24-20-8-6-18(7-9-20)14-15-26-23(28)17-27(16-19-4-2-1-3-5-19)31(29,30)22-12-10-21(25)11-13-22/h1-13H,14-17H2,(H,26,28). The summed E-state index contributed by atoms with van der Waals surface area (Å²) in [5.41, 5.74) is 1.74. The van der Waals surface area contributed by atoms with Gasteiger partial charge in [0.1, 0.15) is 5.82 Å². The van der Waals surface area contributed by atoms with Crippen LogP contribution in [-0.4, -0.2) is 31.7 Å². The summed E-state index contributed by atoms with van der Waals surface area (Å²) >= 11 is 5.87. The maximum atomic E-state index is 13.3. The fourth-order valence-electron chi connectivity index (χ4n) is 2.98. The van der Waals surface area contributed by atoms with Gasteiger partial charge in [0.05, 0.1) is 11.4 Å². The fraction of sp³-hybridized carbons (Fsp3) is 0.174. The van der Waals surface area contributed by atoms with E-state index in [2.05, 4.69) is 5.32 Å². The molecule has 5 nitrogen and oxygen atoms in total. The van der Waals surface area contributed by atoms with E-state index >= 15 is 0 Å². The van der Waals surface area contributed by atoms with Gasteiger partial charge in [0, 0.05) is 18.1 Å². The number of halogens is 2. The fourth-order valence-corrected chi connectivity index (χ4v) is 4.49. The summed E-state index contributed by atoms with van der Waals surface area (Å²) in [4.78, 5) is 12.5. The first-order valence-electron chi connectivity index (χ1n) is 9.65. The summed E-state index contributed by atoms with van der Waals surface area (Å²) in [5.74, 6) is -0.955. The number of amides is 1. The third-order valence-corrected chi connectivity index (χ3v) is 6.68. The highest BCUT2D eigenvalue weighted by Gasteiger charge is 2.27. The van der Waals surface area contributed by atoms with Crippen molar-refractivity contribution < 1.29 is 17.6 Å². The number of carbonyl (C=O) groups excluding carboxylic acids is 1. The quantitative estimate of drug-likeness (QED) is 0.524. The van der Waals surface area contributed by atoms with Crippen molar-refractivity contribution in [1.82, 2.24) is 9.62 Å². The lowest BCUT2D eigenvalue weighted by Gasteiger charge is -2.22. The molecule has 31 heavy (non-hydrogen) atoms. The molecule has 1 amide bonds. The highest BCUT2D eigenvalue weighted by atomic mass is 35.5. The third-order valence-electron chi connectivity index (χ3n) is 4.62. The molecule has 0 saturated carbocycles. The average molecular weight is 461 g/mol. The summed E-state index contributed by atoms with van der Waals surface area (Å²) < 4.78 is 40.6. The Morgan fingerprint density at radius 3 is 2.19 bits per heavy atom. The normalized spacial score (nSPS) is 11.5. The molecule has 0 spiro atoms. The Labute approximate surface area is 186 Å². The molecule has 0 heterocycles. The zero-order valence-electron chi connectivity index (χ0n) is 16.7. The van der Waals surface area contributed by atoms with E-state index in [1.165, 1.54) is 12.1 Å². The maximum Gasteiger partial charge on any atom is 0.243 e. The lowest BCUT2D eigenvalue weighted by Crippen LogP contribution is -2.40. The third kappa shape index (κ3) is 6.62. The van der Waals surface area contributed by atoms with Crippen molar-refractivity contribution in [3.63, 3.8) is 0 Å². The molecule has 0 atom stereocenters. The minimum atomic E-state index is -4.00. The molecule has 3 aromatic carbocycles. The van der Waals surface area contributed by atoms with Crippen molar-refractivity contribution in [3.8, 4) is 0 Å². The Morgan fingerprint density at radius 2 is 1.55 bits per heavy atom. The van der Waals surface area contributed by atoms with Gasteiger partial charge in [-0.25, -0.2) is 12.8 Å². The van der Waals surface area contributed by atoms with Crippen LogP contribution in [0.15, 0.2) is 83.8 Å². The van der Waals surface area contributed by atoms with E-state index in [9.17, 15) is 17.6 Å². The summed E-state index contributed by atoms with van der Waals surface area (Å²) in [6.07, 6.45) is 0.590. The van der Waals surface area contributed by atoms with E-state index in [4.69, 9.17) is 11.6 Å². The highest BCUT2D eigenvalue weighted by molar-refractivity contribution is 7.89. The van der Waals surface area contributed by atoms with Crippen LogP contribution in [0.3, 0.4) is 0 Å². The number of hydrogen-bond donors (Lipinski definition) is 1. The number of nitrogens with zero attached hydrogens (tertiary/aromatic N) is 1. The minimum Gasteiger partial charge on any atom is -0.355 e. The molecule has 0 aliphatic carbocycles. The first-order chi connectivity index (χ1) is 14.8. The number of sulfonamides is 1. The predicted octanol–water partition coefficient (Wildman–Crippen LogP) is 4.03. The van der Waals surface area contributed by atoms with Gasteiger partial charge < -0.3 is 5.32 Å². The second-order valence-electron chi connectivity index (χ2n) is 6.94. The van der Waals surface area contributed by atoms with Crippen LogP contribution in [-0.2, 0) is 27.8 Å². The van der Waals surface area contributed by atoms with Gasteiger partial charge in [0.15, 0.2) is 0 Å². The Balaban J connectivity index is 1.70. The van der Waals surface area contributed by atoms with Crippen LogP contribution in [0, 0.1) is 5.82 Å². The van der Waals surface area contributed by atoms with Crippen LogP contribution in [0.1, 0.15) is 11.1 Å². The van der Waals surface area contributed by atoms with Gasteiger partial charge in [-0.2, -0.15) is 4.31 Å². The Hall–Kier alpha value is -2.74. The molecule has 8 heteroatoms. The number of rotatable bonds is 9. The van der Waals surface area contributed by atoms with E-state index < -0.39 is 21.7 Å². The van der Waals surface area contributed by atoms with Crippen LogP contribution in [0.5, 0.6) is 0 Å². The molecular weight excluding hydrogens is 439 g/mol. The van der Waals surface area contributed by atoms with Gasteiger partial charge >= 0.3 is 0 Å². The second kappa shape index (κ2) is 10.5. The van der Waals surface area contributed by atoms with Crippen molar-refractivity contribution in [2.45, 2.75) is 17.9 Å². The van der Waals surface area contributed by atoms with E-state index in [0.29, 0.717) is 18.0 Å². The van der Waals surface area contributed by atoms with Gasteiger partial charge in [-0.1, -0.05) is 54.1 Å². The van der Waals surface area contributed by atoms with Crippen molar-refractivity contribution in [3.05, 3.63) is 101 Å². The predicted molar refractivity (Wildman–Crippen MR) is 119 cm³/mol. The van der Waals surface area contributed by atoms with Crippen molar-refractivity contribution in [2.75, 3.05) is 13.1 Å². The van der Waals surface area contributed by atoms with Crippen molar-refractivity contribution in [1.29, 1.82) is 0 Å². The number of carbonyl (C=O) groups is 1. The van der Waals surface area contributed by atoms with Crippen LogP contribution in [0.2, 0.25) is 5.02 Å². The molecule has 0 aromatic heterocycles. The van der Waals surface area contributed by atoms with Crippen LogP contribution >= 0.6 is 11.6 Å². The Kier molecular flexibility index (Phi) is 7.79. The average Bonchev–Trinajstić information content (AvgIpc) is 2.76. The molecule has 0 radical (unpaired) electrons. The first-order valence-corrected chi connectivity index (χ1v) is 11.5. The lowest BCUT2D eigenvalue weighted by molar-refractivity contribution is -0.121. The van der Waals surface area contributed by atoms with Crippen LogP contribution in [0.4, 0.5) is 4.39 Å². The lowest BCUT2D eigenvalue weighted by atomic mass is 10.1. The summed E-state index contributed by atoms with van der Waals surface area (Å²) in [5, 5.41) is 3.39. The van der Waals surface area contributed by atoms with Crippen molar-refractivity contribution in [2.24, 2.45) is 0 Å². The molecule has 0 aliphatic rings. The van der Waals surface area contributed by atoms with Crippen LogP contribution in [0.25, 0.3) is 0 Å². The zero-order chi connectivity index (χ0) is 22.3. The topological polar surface area (TPSA) is 66.5 Å². The molecule has 0 unspecified atom stereocenters. The zero-order valence-corrected chi connectivity index (χ0v) is 18.2.